The highest BCUT2D eigenvalue weighted by Gasteiger charge is 2.08. The van der Waals surface area contributed by atoms with Gasteiger partial charge < -0.3 is 18.4 Å². The lowest BCUT2D eigenvalue weighted by Crippen LogP contribution is -2.36. The maximum Gasteiger partial charge on any atom is 0.126 e. The van der Waals surface area contributed by atoms with Crippen LogP contribution in [0.5, 0.6) is 11.5 Å². The minimum atomic E-state index is 0.725. The summed E-state index contributed by atoms with van der Waals surface area (Å²) in [6, 6.07) is 33.9. The van der Waals surface area contributed by atoms with Crippen LogP contribution in [0.3, 0.4) is 0 Å². The third-order valence-electron chi connectivity index (χ3n) is 7.37. The molecule has 0 spiro atoms. The molecule has 0 atom stereocenters. The molecule has 0 aromatic heterocycles. The Morgan fingerprint density at radius 2 is 0.818 bits per heavy atom. The summed E-state index contributed by atoms with van der Waals surface area (Å²) in [5.41, 5.74) is 6.91. The Labute approximate surface area is 265 Å². The molecule has 44 heavy (non-hydrogen) atoms. The smallest absolute Gasteiger partial charge is 0.126 e. The SMILES string of the molecule is C[N+](C)(C)CCCOc1ccccc1/C=C/c1ccc(-c2ccc(/C=C/c3ccccc3OCCC[N+](C)(C)C)cc2)cc1. The second-order valence-electron chi connectivity index (χ2n) is 13.4. The minimum absolute atomic E-state index is 0.725. The summed E-state index contributed by atoms with van der Waals surface area (Å²) in [4.78, 5) is 0. The molecular formula is C40H50N2O2+2. The van der Waals surface area contributed by atoms with E-state index in [-0.39, 0.29) is 0 Å². The van der Waals surface area contributed by atoms with Crippen LogP contribution < -0.4 is 9.47 Å². The van der Waals surface area contributed by atoms with E-state index < -0.39 is 0 Å². The fourth-order valence-electron chi connectivity index (χ4n) is 4.89. The van der Waals surface area contributed by atoms with E-state index in [4.69, 9.17) is 9.47 Å². The molecule has 0 amide bonds. The Balaban J connectivity index is 1.33. The van der Waals surface area contributed by atoms with Gasteiger partial charge in [-0.25, -0.2) is 0 Å². The second-order valence-corrected chi connectivity index (χ2v) is 13.4. The van der Waals surface area contributed by atoms with Crippen LogP contribution in [-0.2, 0) is 0 Å². The maximum absolute atomic E-state index is 6.11. The van der Waals surface area contributed by atoms with E-state index in [0.717, 1.165) is 81.9 Å². The van der Waals surface area contributed by atoms with Crippen molar-refractivity contribution in [3.8, 4) is 22.6 Å². The summed E-state index contributed by atoms with van der Waals surface area (Å²) >= 11 is 0. The summed E-state index contributed by atoms with van der Waals surface area (Å²) in [6.45, 7) is 3.63. The number of ether oxygens (including phenoxy) is 2. The van der Waals surface area contributed by atoms with E-state index in [9.17, 15) is 0 Å². The molecule has 4 aromatic rings. The van der Waals surface area contributed by atoms with E-state index in [1.54, 1.807) is 0 Å². The van der Waals surface area contributed by atoms with Gasteiger partial charge in [0.15, 0.2) is 0 Å². The molecule has 0 aliphatic rings. The van der Waals surface area contributed by atoms with Crippen LogP contribution in [0.15, 0.2) is 97.1 Å². The standard InChI is InChI=1S/C40H50N2O2/c1-41(2,3)29-11-31-43-39-15-9-7-13-37(39)27-21-33-17-23-35(24-18-33)36-25-19-34(20-26-36)22-28-38-14-8-10-16-40(38)44-32-12-30-42(4,5)6/h7-10,13-28H,11-12,29-32H2,1-6H3/q+2/b27-21+,28-22+. The number of benzene rings is 4. The highest BCUT2D eigenvalue weighted by molar-refractivity contribution is 5.76. The number of hydrogen-bond acceptors (Lipinski definition) is 2. The zero-order chi connectivity index (χ0) is 31.4. The Bertz CT molecular complexity index is 1390. The van der Waals surface area contributed by atoms with Crippen molar-refractivity contribution in [2.75, 3.05) is 68.6 Å². The summed E-state index contributed by atoms with van der Waals surface area (Å²) in [7, 11) is 13.3. The van der Waals surface area contributed by atoms with Gasteiger partial charge in [0.05, 0.1) is 68.6 Å². The summed E-state index contributed by atoms with van der Waals surface area (Å²) in [6.07, 6.45) is 10.6. The van der Waals surface area contributed by atoms with E-state index in [1.165, 1.54) is 11.1 Å². The van der Waals surface area contributed by atoms with Crippen molar-refractivity contribution >= 4 is 24.3 Å². The van der Waals surface area contributed by atoms with E-state index in [2.05, 4.69) is 152 Å². The lowest BCUT2D eigenvalue weighted by Gasteiger charge is -2.23. The molecule has 0 N–H and O–H groups in total. The van der Waals surface area contributed by atoms with Crippen molar-refractivity contribution in [3.05, 3.63) is 119 Å². The summed E-state index contributed by atoms with van der Waals surface area (Å²) in [5.74, 6) is 1.87. The van der Waals surface area contributed by atoms with Gasteiger partial charge in [-0.3, -0.25) is 0 Å². The van der Waals surface area contributed by atoms with Crippen molar-refractivity contribution < 1.29 is 18.4 Å². The molecule has 0 aliphatic heterocycles. The van der Waals surface area contributed by atoms with Gasteiger partial charge in [0.1, 0.15) is 11.5 Å². The molecule has 0 aliphatic carbocycles. The first kappa shape index (κ1) is 32.8. The van der Waals surface area contributed by atoms with Gasteiger partial charge in [-0.05, 0) is 34.4 Å². The molecule has 0 bridgehead atoms. The minimum Gasteiger partial charge on any atom is -0.493 e. The Morgan fingerprint density at radius 1 is 0.455 bits per heavy atom. The largest absolute Gasteiger partial charge is 0.493 e. The lowest BCUT2D eigenvalue weighted by atomic mass is 10.0. The van der Waals surface area contributed by atoms with Crippen LogP contribution in [0, 0.1) is 0 Å². The van der Waals surface area contributed by atoms with Gasteiger partial charge in [0.2, 0.25) is 0 Å². The van der Waals surface area contributed by atoms with Crippen molar-refractivity contribution in [2.45, 2.75) is 12.8 Å². The van der Waals surface area contributed by atoms with E-state index >= 15 is 0 Å². The summed E-state index contributed by atoms with van der Waals surface area (Å²) in [5, 5.41) is 0. The number of para-hydroxylation sites is 2. The van der Waals surface area contributed by atoms with Gasteiger partial charge >= 0.3 is 0 Å². The molecule has 0 fully saturated rings. The van der Waals surface area contributed by atoms with E-state index in [1.807, 2.05) is 12.1 Å². The molecule has 0 saturated carbocycles. The monoisotopic (exact) mass is 590 g/mol. The average molecular weight is 591 g/mol. The third-order valence-corrected chi connectivity index (χ3v) is 7.37. The van der Waals surface area contributed by atoms with Gasteiger partial charge in [0.25, 0.3) is 0 Å². The second kappa shape index (κ2) is 15.6. The van der Waals surface area contributed by atoms with Crippen molar-refractivity contribution in [1.29, 1.82) is 0 Å². The molecule has 4 rings (SSSR count). The predicted octanol–water partition coefficient (Wildman–Crippen LogP) is 8.64. The van der Waals surface area contributed by atoms with Gasteiger partial charge in [-0.1, -0.05) is 109 Å². The molecule has 230 valence electrons. The Hall–Kier alpha value is -4.12. The van der Waals surface area contributed by atoms with Gasteiger partial charge in [0, 0.05) is 24.0 Å². The van der Waals surface area contributed by atoms with Crippen LogP contribution in [0.2, 0.25) is 0 Å². The average Bonchev–Trinajstić information content (AvgIpc) is 3.00. The predicted molar refractivity (Wildman–Crippen MR) is 189 cm³/mol. The molecule has 4 nitrogen and oxygen atoms in total. The van der Waals surface area contributed by atoms with Crippen LogP contribution in [0.25, 0.3) is 35.4 Å². The molecule has 0 unspecified atom stereocenters. The fourth-order valence-corrected chi connectivity index (χ4v) is 4.89. The first-order valence-corrected chi connectivity index (χ1v) is 15.7. The maximum atomic E-state index is 6.11. The lowest BCUT2D eigenvalue weighted by molar-refractivity contribution is -0.870. The van der Waals surface area contributed by atoms with Crippen LogP contribution in [0.4, 0.5) is 0 Å². The fraction of sp³-hybridized carbons (Fsp3) is 0.300. The summed E-state index contributed by atoms with van der Waals surface area (Å²) < 4.78 is 14.1. The number of rotatable bonds is 15. The number of nitrogens with zero attached hydrogens (tertiary/aromatic N) is 2. The first-order chi connectivity index (χ1) is 21.1. The van der Waals surface area contributed by atoms with Gasteiger partial charge in [-0.15, -0.1) is 0 Å². The molecule has 0 heterocycles. The molecule has 4 aromatic carbocycles. The van der Waals surface area contributed by atoms with Crippen LogP contribution in [0.1, 0.15) is 35.1 Å². The third kappa shape index (κ3) is 11.2. The van der Waals surface area contributed by atoms with Crippen molar-refractivity contribution in [1.82, 2.24) is 0 Å². The molecule has 4 heteroatoms. The number of hydrogen-bond donors (Lipinski definition) is 0. The highest BCUT2D eigenvalue weighted by Crippen LogP contribution is 2.25. The first-order valence-electron chi connectivity index (χ1n) is 15.7. The highest BCUT2D eigenvalue weighted by atomic mass is 16.5. The number of quaternary nitrogens is 2. The zero-order valence-electron chi connectivity index (χ0n) is 27.5. The van der Waals surface area contributed by atoms with Crippen LogP contribution >= 0.6 is 0 Å². The van der Waals surface area contributed by atoms with Crippen LogP contribution in [-0.4, -0.2) is 77.6 Å². The normalized spacial score (nSPS) is 12.2. The molecule has 0 radical (unpaired) electrons. The zero-order valence-corrected chi connectivity index (χ0v) is 27.5. The molecular weight excluding hydrogens is 540 g/mol. The van der Waals surface area contributed by atoms with E-state index in [0.29, 0.717) is 0 Å². The van der Waals surface area contributed by atoms with Crippen molar-refractivity contribution in [3.63, 3.8) is 0 Å². The van der Waals surface area contributed by atoms with Crippen molar-refractivity contribution in [2.24, 2.45) is 0 Å². The van der Waals surface area contributed by atoms with Gasteiger partial charge in [-0.2, -0.15) is 0 Å². The quantitative estimate of drug-likeness (QED) is 0.0784. The Kier molecular flexibility index (Phi) is 11.6. The Morgan fingerprint density at radius 3 is 1.18 bits per heavy atom. The molecule has 0 saturated heterocycles. The topological polar surface area (TPSA) is 18.5 Å².